The summed E-state index contributed by atoms with van der Waals surface area (Å²) in [6.45, 7) is 3.52. The van der Waals surface area contributed by atoms with Gasteiger partial charge in [-0.1, -0.05) is 6.92 Å². The zero-order valence-corrected chi connectivity index (χ0v) is 13.8. The average molecular weight is 330 g/mol. The van der Waals surface area contributed by atoms with E-state index in [0.29, 0.717) is 24.9 Å². The van der Waals surface area contributed by atoms with Crippen molar-refractivity contribution in [2.75, 3.05) is 24.5 Å². The molecule has 0 bridgehead atoms. The number of anilines is 1. The number of aliphatic carboxylic acids is 1. The Labute approximate surface area is 141 Å². The first-order valence-electron chi connectivity index (χ1n) is 8.38. The van der Waals surface area contributed by atoms with Crippen LogP contribution in [0.25, 0.3) is 0 Å². The lowest BCUT2D eigenvalue weighted by Crippen LogP contribution is -2.45. The monoisotopic (exact) mass is 330 g/mol. The number of amides is 2. The van der Waals surface area contributed by atoms with Crippen LogP contribution in [-0.2, 0) is 9.59 Å². The maximum atomic E-state index is 12.7. The van der Waals surface area contributed by atoms with Crippen LogP contribution in [0.1, 0.15) is 36.5 Å². The zero-order valence-electron chi connectivity index (χ0n) is 13.8. The smallest absolute Gasteiger partial charge is 0.308 e. The van der Waals surface area contributed by atoms with Crippen LogP contribution in [0.5, 0.6) is 0 Å². The molecule has 2 aliphatic rings. The Morgan fingerprint density at radius 3 is 2.46 bits per heavy atom. The van der Waals surface area contributed by atoms with Gasteiger partial charge in [-0.25, -0.2) is 0 Å². The molecule has 2 heterocycles. The number of nitrogens with zero attached hydrogens (tertiary/aromatic N) is 2. The van der Waals surface area contributed by atoms with Crippen molar-refractivity contribution in [3.8, 4) is 0 Å². The highest BCUT2D eigenvalue weighted by Crippen LogP contribution is 2.25. The van der Waals surface area contributed by atoms with Crippen molar-refractivity contribution >= 4 is 23.5 Å². The number of rotatable bonds is 3. The molecule has 1 aromatic rings. The number of carbonyl (C=O) groups is 3. The van der Waals surface area contributed by atoms with Gasteiger partial charge in [-0.05, 0) is 43.0 Å². The Balaban J connectivity index is 1.72. The predicted molar refractivity (Wildman–Crippen MR) is 88.8 cm³/mol. The van der Waals surface area contributed by atoms with Crippen LogP contribution in [-0.4, -0.2) is 47.4 Å². The zero-order chi connectivity index (χ0) is 17.3. The first-order valence-corrected chi connectivity index (χ1v) is 8.38. The molecule has 2 unspecified atom stereocenters. The Morgan fingerprint density at radius 1 is 1.17 bits per heavy atom. The number of carboxylic acids is 1. The second kappa shape index (κ2) is 6.63. The molecule has 1 aromatic carbocycles. The van der Waals surface area contributed by atoms with E-state index in [0.717, 1.165) is 18.7 Å². The molecule has 0 saturated carbocycles. The molecule has 3 rings (SSSR count). The minimum absolute atomic E-state index is 0.114. The molecular formula is C18H22N2O4. The van der Waals surface area contributed by atoms with Crippen LogP contribution >= 0.6 is 0 Å². The fourth-order valence-corrected chi connectivity index (χ4v) is 3.58. The van der Waals surface area contributed by atoms with E-state index < -0.39 is 11.9 Å². The largest absolute Gasteiger partial charge is 0.481 e. The first-order chi connectivity index (χ1) is 11.5. The lowest BCUT2D eigenvalue weighted by atomic mass is 9.90. The topological polar surface area (TPSA) is 77.9 Å². The highest BCUT2D eigenvalue weighted by molar-refractivity contribution is 5.97. The van der Waals surface area contributed by atoms with Crippen molar-refractivity contribution in [1.82, 2.24) is 4.90 Å². The summed E-state index contributed by atoms with van der Waals surface area (Å²) in [7, 11) is 0. The molecule has 0 radical (unpaired) electrons. The fraction of sp³-hybridized carbons (Fsp3) is 0.500. The van der Waals surface area contributed by atoms with Gasteiger partial charge in [0.25, 0.3) is 5.91 Å². The van der Waals surface area contributed by atoms with Gasteiger partial charge in [-0.2, -0.15) is 0 Å². The van der Waals surface area contributed by atoms with Crippen LogP contribution in [0.15, 0.2) is 24.3 Å². The highest BCUT2D eigenvalue weighted by Gasteiger charge is 2.32. The summed E-state index contributed by atoms with van der Waals surface area (Å²) in [6, 6.07) is 7.02. The van der Waals surface area contributed by atoms with E-state index in [2.05, 4.69) is 0 Å². The van der Waals surface area contributed by atoms with E-state index in [4.69, 9.17) is 0 Å². The van der Waals surface area contributed by atoms with E-state index in [9.17, 15) is 19.5 Å². The van der Waals surface area contributed by atoms with Crippen LogP contribution in [0.4, 0.5) is 5.69 Å². The van der Waals surface area contributed by atoms with Crippen LogP contribution < -0.4 is 4.90 Å². The van der Waals surface area contributed by atoms with Crippen molar-refractivity contribution in [2.24, 2.45) is 11.8 Å². The second-order valence-electron chi connectivity index (χ2n) is 6.78. The molecule has 6 nitrogen and oxygen atoms in total. The van der Waals surface area contributed by atoms with Crippen LogP contribution in [0.3, 0.4) is 0 Å². The number of hydrogen-bond donors (Lipinski definition) is 1. The minimum atomic E-state index is -0.845. The maximum absolute atomic E-state index is 12.7. The molecule has 1 N–H and O–H groups in total. The molecule has 2 fully saturated rings. The first kappa shape index (κ1) is 16.5. The predicted octanol–water partition coefficient (Wildman–Crippen LogP) is 2.00. The van der Waals surface area contributed by atoms with Crippen LogP contribution in [0.2, 0.25) is 0 Å². The normalized spacial score (nSPS) is 24.3. The summed E-state index contributed by atoms with van der Waals surface area (Å²) >= 11 is 0. The highest BCUT2D eigenvalue weighted by atomic mass is 16.4. The Hall–Kier alpha value is -2.37. The molecule has 2 aliphatic heterocycles. The standard InChI is InChI=1S/C18H22N2O4/c1-12-9-14(18(23)24)11-19(10-12)17(22)13-4-6-15(7-5-13)20-8-2-3-16(20)21/h4-7,12,14H,2-3,8-11H2,1H3,(H,23,24). The number of piperidine rings is 1. The van der Waals surface area contributed by atoms with E-state index in [1.54, 1.807) is 34.1 Å². The molecule has 0 aliphatic carbocycles. The summed E-state index contributed by atoms with van der Waals surface area (Å²) in [5.74, 6) is -1.21. The summed E-state index contributed by atoms with van der Waals surface area (Å²) in [5.41, 5.74) is 1.34. The van der Waals surface area contributed by atoms with E-state index in [-0.39, 0.29) is 24.3 Å². The van der Waals surface area contributed by atoms with Crippen molar-refractivity contribution in [3.63, 3.8) is 0 Å². The molecule has 0 aromatic heterocycles. The van der Waals surface area contributed by atoms with Gasteiger partial charge >= 0.3 is 5.97 Å². The van der Waals surface area contributed by atoms with Crippen molar-refractivity contribution in [1.29, 1.82) is 0 Å². The van der Waals surface area contributed by atoms with Crippen LogP contribution in [0, 0.1) is 11.8 Å². The number of carbonyl (C=O) groups excluding carboxylic acids is 2. The van der Waals surface area contributed by atoms with Gasteiger partial charge in [-0.15, -0.1) is 0 Å². The lowest BCUT2D eigenvalue weighted by Gasteiger charge is -2.34. The summed E-state index contributed by atoms with van der Waals surface area (Å²) < 4.78 is 0. The van der Waals surface area contributed by atoms with Gasteiger partial charge in [0.05, 0.1) is 5.92 Å². The van der Waals surface area contributed by atoms with E-state index >= 15 is 0 Å². The molecule has 6 heteroatoms. The summed E-state index contributed by atoms with van der Waals surface area (Å²) in [4.78, 5) is 39.0. The Kier molecular flexibility index (Phi) is 4.55. The lowest BCUT2D eigenvalue weighted by molar-refractivity contribution is -0.143. The molecule has 24 heavy (non-hydrogen) atoms. The van der Waals surface area contributed by atoms with Gasteiger partial charge in [0, 0.05) is 37.3 Å². The molecule has 2 atom stereocenters. The number of likely N-dealkylation sites (tertiary alicyclic amines) is 1. The number of carboxylic acid groups (broad SMARTS) is 1. The number of benzene rings is 1. The molecule has 0 spiro atoms. The molecule has 128 valence electrons. The Morgan fingerprint density at radius 2 is 1.88 bits per heavy atom. The quantitative estimate of drug-likeness (QED) is 0.919. The van der Waals surface area contributed by atoms with Crippen molar-refractivity contribution < 1.29 is 19.5 Å². The SMILES string of the molecule is CC1CC(C(=O)O)CN(C(=O)c2ccc(N3CCCC3=O)cc2)C1. The summed E-state index contributed by atoms with van der Waals surface area (Å²) in [6.07, 6.45) is 2.04. The minimum Gasteiger partial charge on any atom is -0.481 e. The summed E-state index contributed by atoms with van der Waals surface area (Å²) in [5, 5.41) is 9.23. The number of hydrogen-bond acceptors (Lipinski definition) is 3. The molecular weight excluding hydrogens is 308 g/mol. The van der Waals surface area contributed by atoms with Crippen molar-refractivity contribution in [2.45, 2.75) is 26.2 Å². The van der Waals surface area contributed by atoms with Gasteiger partial charge in [0.2, 0.25) is 5.91 Å². The molecule has 2 amide bonds. The Bertz CT molecular complexity index is 655. The van der Waals surface area contributed by atoms with E-state index in [1.807, 2.05) is 6.92 Å². The van der Waals surface area contributed by atoms with E-state index in [1.165, 1.54) is 0 Å². The molecule has 2 saturated heterocycles. The third kappa shape index (κ3) is 3.27. The van der Waals surface area contributed by atoms with Gasteiger partial charge < -0.3 is 14.9 Å². The second-order valence-corrected chi connectivity index (χ2v) is 6.78. The van der Waals surface area contributed by atoms with Gasteiger partial charge in [-0.3, -0.25) is 14.4 Å². The third-order valence-corrected chi connectivity index (χ3v) is 4.80. The maximum Gasteiger partial charge on any atom is 0.308 e. The van der Waals surface area contributed by atoms with Gasteiger partial charge in [0.15, 0.2) is 0 Å². The average Bonchev–Trinajstić information content (AvgIpc) is 2.99. The van der Waals surface area contributed by atoms with Crippen molar-refractivity contribution in [3.05, 3.63) is 29.8 Å². The fourth-order valence-electron chi connectivity index (χ4n) is 3.58. The van der Waals surface area contributed by atoms with Gasteiger partial charge in [0.1, 0.15) is 0 Å². The third-order valence-electron chi connectivity index (χ3n) is 4.80.